The number of ether oxygens (including phenoxy) is 1. The second-order valence-electron chi connectivity index (χ2n) is 6.76. The monoisotopic (exact) mass is 352 g/mol. The molecule has 0 fully saturated rings. The van der Waals surface area contributed by atoms with Crippen LogP contribution in [0.5, 0.6) is 0 Å². The van der Waals surface area contributed by atoms with Crippen LogP contribution in [0.25, 0.3) is 0 Å². The van der Waals surface area contributed by atoms with Gasteiger partial charge in [-0.05, 0) is 16.7 Å². The van der Waals surface area contributed by atoms with E-state index in [1.54, 1.807) is 0 Å². The lowest BCUT2D eigenvalue weighted by Crippen LogP contribution is -2.26. The van der Waals surface area contributed by atoms with Crippen molar-refractivity contribution in [1.29, 1.82) is 0 Å². The van der Waals surface area contributed by atoms with Gasteiger partial charge in [0.2, 0.25) is 0 Å². The Morgan fingerprint density at radius 2 is 1.41 bits per heavy atom. The molecular formula is C25H20O2. The number of terminal acetylenes is 1. The molecule has 27 heavy (non-hydrogen) atoms. The van der Waals surface area contributed by atoms with Crippen LogP contribution in [0.1, 0.15) is 38.5 Å². The number of ketones is 1. The van der Waals surface area contributed by atoms with Crippen LogP contribution in [-0.2, 0) is 11.3 Å². The molecule has 0 heterocycles. The molecule has 0 aromatic heterocycles. The Hall–Kier alpha value is -3.15. The van der Waals surface area contributed by atoms with Gasteiger partial charge in [0, 0.05) is 17.0 Å². The fraction of sp³-hybridized carbons (Fsp3) is 0.160. The molecule has 0 amide bonds. The maximum atomic E-state index is 12.9. The molecule has 4 rings (SSSR count). The summed E-state index contributed by atoms with van der Waals surface area (Å²) in [5, 5.41) is 0. The first-order valence-corrected chi connectivity index (χ1v) is 9.10. The van der Waals surface area contributed by atoms with Crippen molar-refractivity contribution in [3.05, 3.63) is 107 Å². The zero-order valence-electron chi connectivity index (χ0n) is 15.0. The highest BCUT2D eigenvalue weighted by molar-refractivity contribution is 6.12. The van der Waals surface area contributed by atoms with Gasteiger partial charge in [0.25, 0.3) is 0 Å². The Kier molecular flexibility index (Phi) is 4.87. The summed E-state index contributed by atoms with van der Waals surface area (Å²) in [5.41, 5.74) is 4.59. The molecule has 0 aliphatic heterocycles. The first kappa shape index (κ1) is 17.3. The number of benzene rings is 3. The van der Waals surface area contributed by atoms with Crippen molar-refractivity contribution in [2.75, 3.05) is 6.61 Å². The van der Waals surface area contributed by atoms with Crippen LogP contribution in [-0.4, -0.2) is 12.4 Å². The smallest absolute Gasteiger partial charge is 0.193 e. The molecule has 1 aliphatic carbocycles. The van der Waals surface area contributed by atoms with E-state index < -0.39 is 0 Å². The standard InChI is InChI=1S/C25H20O2/c1-2-19(17-27-16-18-10-4-3-5-11-18)24-20-12-6-8-14-22(20)25(26)23-15-9-7-13-21(23)24/h1,3-15,19,24H,16-17H2/t19-/m1/s1. The first-order valence-electron chi connectivity index (χ1n) is 9.10. The summed E-state index contributed by atoms with van der Waals surface area (Å²) in [5.74, 6) is 2.79. The van der Waals surface area contributed by atoms with Gasteiger partial charge in [0.15, 0.2) is 5.78 Å². The van der Waals surface area contributed by atoms with Gasteiger partial charge in [-0.3, -0.25) is 4.79 Å². The van der Waals surface area contributed by atoms with E-state index in [2.05, 4.69) is 5.92 Å². The minimum absolute atomic E-state index is 0.0455. The summed E-state index contributed by atoms with van der Waals surface area (Å²) < 4.78 is 5.96. The van der Waals surface area contributed by atoms with E-state index in [0.717, 1.165) is 27.8 Å². The number of rotatable bonds is 5. The van der Waals surface area contributed by atoms with Crippen LogP contribution in [0.15, 0.2) is 78.9 Å². The van der Waals surface area contributed by atoms with Crippen LogP contribution in [0.2, 0.25) is 0 Å². The molecule has 1 aliphatic rings. The van der Waals surface area contributed by atoms with Crippen LogP contribution >= 0.6 is 0 Å². The third kappa shape index (κ3) is 3.30. The van der Waals surface area contributed by atoms with Crippen molar-refractivity contribution >= 4 is 5.78 Å². The molecule has 0 radical (unpaired) electrons. The Morgan fingerprint density at radius 3 is 2.00 bits per heavy atom. The number of carbonyl (C=O) groups excluding carboxylic acids is 1. The molecule has 0 N–H and O–H groups in total. The number of carbonyl (C=O) groups is 1. The van der Waals surface area contributed by atoms with Crippen LogP contribution < -0.4 is 0 Å². The van der Waals surface area contributed by atoms with Crippen molar-refractivity contribution in [2.24, 2.45) is 5.92 Å². The van der Waals surface area contributed by atoms with Gasteiger partial charge in [0.1, 0.15) is 0 Å². The molecule has 132 valence electrons. The fourth-order valence-corrected chi connectivity index (χ4v) is 3.81. The normalized spacial score (nSPS) is 14.1. The van der Waals surface area contributed by atoms with E-state index in [1.165, 1.54) is 0 Å². The minimum atomic E-state index is -0.149. The van der Waals surface area contributed by atoms with Gasteiger partial charge in [-0.25, -0.2) is 0 Å². The largest absolute Gasteiger partial charge is 0.375 e. The molecule has 1 atom stereocenters. The second kappa shape index (κ2) is 7.61. The summed E-state index contributed by atoms with van der Waals surface area (Å²) in [6.45, 7) is 0.959. The fourth-order valence-electron chi connectivity index (χ4n) is 3.81. The molecule has 0 saturated carbocycles. The highest BCUT2D eigenvalue weighted by Gasteiger charge is 2.34. The van der Waals surface area contributed by atoms with Gasteiger partial charge in [-0.2, -0.15) is 0 Å². The zero-order valence-corrected chi connectivity index (χ0v) is 15.0. The molecular weight excluding hydrogens is 332 g/mol. The molecule has 0 bridgehead atoms. The third-order valence-corrected chi connectivity index (χ3v) is 5.11. The van der Waals surface area contributed by atoms with Gasteiger partial charge < -0.3 is 4.74 Å². The van der Waals surface area contributed by atoms with Crippen molar-refractivity contribution < 1.29 is 9.53 Å². The summed E-state index contributed by atoms with van der Waals surface area (Å²) >= 11 is 0. The van der Waals surface area contributed by atoms with E-state index >= 15 is 0 Å². The van der Waals surface area contributed by atoms with E-state index in [-0.39, 0.29) is 17.6 Å². The highest BCUT2D eigenvalue weighted by atomic mass is 16.5. The molecule has 2 heteroatoms. The van der Waals surface area contributed by atoms with Gasteiger partial charge in [0.05, 0.1) is 19.1 Å². The predicted octanol–water partition coefficient (Wildman–Crippen LogP) is 4.83. The second-order valence-corrected chi connectivity index (χ2v) is 6.76. The molecule has 0 spiro atoms. The van der Waals surface area contributed by atoms with Crippen molar-refractivity contribution in [1.82, 2.24) is 0 Å². The van der Waals surface area contributed by atoms with E-state index in [1.807, 2.05) is 78.9 Å². The quantitative estimate of drug-likeness (QED) is 0.615. The van der Waals surface area contributed by atoms with Crippen molar-refractivity contribution in [3.8, 4) is 12.3 Å². The lowest BCUT2D eigenvalue weighted by atomic mass is 9.72. The third-order valence-electron chi connectivity index (χ3n) is 5.11. The summed E-state index contributed by atoms with van der Waals surface area (Å²) in [6.07, 6.45) is 5.92. The highest BCUT2D eigenvalue weighted by Crippen LogP contribution is 2.41. The SMILES string of the molecule is C#C[C@H](COCc1ccccc1)C1c2ccccc2C(=O)c2ccccc21. The average Bonchev–Trinajstić information content (AvgIpc) is 2.73. The van der Waals surface area contributed by atoms with Gasteiger partial charge in [-0.15, -0.1) is 6.42 Å². The Morgan fingerprint density at radius 1 is 0.852 bits per heavy atom. The molecule has 0 unspecified atom stereocenters. The number of fused-ring (bicyclic) bond motifs is 2. The summed E-state index contributed by atoms with van der Waals surface area (Å²) in [6, 6.07) is 25.6. The van der Waals surface area contributed by atoms with Crippen molar-refractivity contribution in [2.45, 2.75) is 12.5 Å². The van der Waals surface area contributed by atoms with E-state index in [0.29, 0.717) is 13.2 Å². The van der Waals surface area contributed by atoms with Crippen molar-refractivity contribution in [3.63, 3.8) is 0 Å². The van der Waals surface area contributed by atoms with Gasteiger partial charge in [-0.1, -0.05) is 84.8 Å². The maximum absolute atomic E-state index is 12.9. The Labute approximate surface area is 159 Å². The van der Waals surface area contributed by atoms with E-state index in [4.69, 9.17) is 11.2 Å². The zero-order chi connectivity index (χ0) is 18.6. The Balaban J connectivity index is 1.64. The van der Waals surface area contributed by atoms with Crippen LogP contribution in [0.3, 0.4) is 0 Å². The molecule has 3 aromatic carbocycles. The first-order chi connectivity index (χ1) is 13.3. The lowest BCUT2D eigenvalue weighted by molar-refractivity contribution is 0.0954. The van der Waals surface area contributed by atoms with Crippen LogP contribution in [0.4, 0.5) is 0 Å². The number of hydrogen-bond donors (Lipinski definition) is 0. The minimum Gasteiger partial charge on any atom is -0.375 e. The molecule has 3 aromatic rings. The predicted molar refractivity (Wildman–Crippen MR) is 107 cm³/mol. The maximum Gasteiger partial charge on any atom is 0.193 e. The topological polar surface area (TPSA) is 26.3 Å². The lowest BCUT2D eigenvalue weighted by Gasteiger charge is -2.31. The van der Waals surface area contributed by atoms with Gasteiger partial charge >= 0.3 is 0 Å². The van der Waals surface area contributed by atoms with Crippen LogP contribution in [0, 0.1) is 18.3 Å². The average molecular weight is 352 g/mol. The summed E-state index contributed by atoms with van der Waals surface area (Å²) in [7, 11) is 0. The molecule has 0 saturated heterocycles. The number of hydrogen-bond acceptors (Lipinski definition) is 2. The summed E-state index contributed by atoms with van der Waals surface area (Å²) in [4.78, 5) is 12.9. The molecule has 2 nitrogen and oxygen atoms in total. The Bertz CT molecular complexity index is 949. The van der Waals surface area contributed by atoms with E-state index in [9.17, 15) is 4.79 Å².